The molecule has 142 valence electrons. The minimum atomic E-state index is -0.0908. The normalized spacial score (nSPS) is 44.3. The quantitative estimate of drug-likeness (QED) is 0.834. The Hall–Kier alpha value is -1.06. The molecule has 1 heterocycles. The van der Waals surface area contributed by atoms with Gasteiger partial charge in [-0.05, 0) is 104 Å². The van der Waals surface area contributed by atoms with E-state index in [1.165, 1.54) is 37.7 Å². The molecule has 1 saturated heterocycles. The second kappa shape index (κ2) is 6.24. The van der Waals surface area contributed by atoms with Gasteiger partial charge in [0.2, 0.25) is 0 Å². The number of aliphatic hydroxyl groups is 1. The van der Waals surface area contributed by atoms with Crippen LogP contribution in [0.25, 0.3) is 0 Å². The first-order chi connectivity index (χ1) is 12.6. The fourth-order valence-electron chi connectivity index (χ4n) is 7.08. The SMILES string of the molecule is C[C@H]1C[C@]2(C)[C@@H](O)CC[C@H]2[C@@H]2CCc3cc(OC4CCCN4)ccc3[C@H]21. The van der Waals surface area contributed by atoms with Gasteiger partial charge in [-0.3, -0.25) is 5.32 Å². The first-order valence-corrected chi connectivity index (χ1v) is 10.8. The molecule has 3 nitrogen and oxygen atoms in total. The third kappa shape index (κ3) is 2.54. The van der Waals surface area contributed by atoms with Crippen molar-refractivity contribution in [3.63, 3.8) is 0 Å². The van der Waals surface area contributed by atoms with Crippen LogP contribution in [0.5, 0.6) is 5.75 Å². The van der Waals surface area contributed by atoms with Crippen LogP contribution in [0.4, 0.5) is 0 Å². The maximum absolute atomic E-state index is 10.6. The maximum atomic E-state index is 10.6. The van der Waals surface area contributed by atoms with Gasteiger partial charge < -0.3 is 9.84 Å². The van der Waals surface area contributed by atoms with Crippen molar-refractivity contribution in [3.05, 3.63) is 29.3 Å². The molecule has 7 atom stereocenters. The number of fused-ring (bicyclic) bond motifs is 5. The van der Waals surface area contributed by atoms with E-state index < -0.39 is 0 Å². The highest BCUT2D eigenvalue weighted by Gasteiger charge is 2.56. The van der Waals surface area contributed by atoms with Gasteiger partial charge in [-0.15, -0.1) is 0 Å². The van der Waals surface area contributed by atoms with Crippen molar-refractivity contribution in [2.75, 3.05) is 6.54 Å². The van der Waals surface area contributed by atoms with E-state index in [1.54, 1.807) is 5.56 Å². The Morgan fingerprint density at radius 2 is 2.08 bits per heavy atom. The second-order valence-corrected chi connectivity index (χ2v) is 9.68. The summed E-state index contributed by atoms with van der Waals surface area (Å²) in [5.41, 5.74) is 3.23. The summed E-state index contributed by atoms with van der Waals surface area (Å²) in [4.78, 5) is 0. The molecule has 2 N–H and O–H groups in total. The Kier molecular flexibility index (Phi) is 4.09. The second-order valence-electron chi connectivity index (χ2n) is 9.68. The average Bonchev–Trinajstić information content (AvgIpc) is 3.23. The lowest BCUT2D eigenvalue weighted by Crippen LogP contribution is -2.47. The standard InChI is InChI=1S/C23H33NO2/c1-14-13-23(2)19(9-10-20(23)25)18-7-5-15-12-16(6-8-17(15)22(14)18)26-21-4-3-11-24-21/h6,8,12,14,18-22,24-25H,3-5,7,9-11,13H2,1-2H3/t14-,18-,19-,20-,21?,22+,23-/m0/s1. The molecule has 1 aromatic carbocycles. The predicted molar refractivity (Wildman–Crippen MR) is 103 cm³/mol. The van der Waals surface area contributed by atoms with E-state index >= 15 is 0 Å². The molecule has 4 aliphatic rings. The largest absolute Gasteiger partial charge is 0.475 e. The molecule has 0 radical (unpaired) electrons. The van der Waals surface area contributed by atoms with Gasteiger partial charge in [-0.2, -0.15) is 0 Å². The van der Waals surface area contributed by atoms with E-state index in [4.69, 9.17) is 4.74 Å². The number of aryl methyl sites for hydroxylation is 1. The summed E-state index contributed by atoms with van der Waals surface area (Å²) in [5, 5.41) is 14.1. The molecular formula is C23H33NO2. The zero-order chi connectivity index (χ0) is 17.9. The molecule has 2 saturated carbocycles. The molecule has 0 spiro atoms. The maximum Gasteiger partial charge on any atom is 0.150 e. The van der Waals surface area contributed by atoms with Gasteiger partial charge in [0.05, 0.1) is 6.10 Å². The van der Waals surface area contributed by atoms with E-state index in [1.807, 2.05) is 0 Å². The minimum Gasteiger partial charge on any atom is -0.475 e. The number of benzene rings is 1. The third-order valence-electron chi connectivity index (χ3n) is 8.23. The lowest BCUT2D eigenvalue weighted by atomic mass is 9.52. The molecule has 1 aliphatic heterocycles. The molecule has 3 fully saturated rings. The smallest absolute Gasteiger partial charge is 0.150 e. The van der Waals surface area contributed by atoms with E-state index in [0.29, 0.717) is 17.8 Å². The van der Waals surface area contributed by atoms with E-state index in [0.717, 1.165) is 31.1 Å². The molecule has 1 aromatic rings. The number of aliphatic hydroxyl groups excluding tert-OH is 1. The van der Waals surface area contributed by atoms with Gasteiger partial charge in [0, 0.05) is 0 Å². The van der Waals surface area contributed by atoms with Crippen LogP contribution >= 0.6 is 0 Å². The summed E-state index contributed by atoms with van der Waals surface area (Å²) in [6.07, 6.45) is 8.27. The topological polar surface area (TPSA) is 41.5 Å². The zero-order valence-electron chi connectivity index (χ0n) is 16.2. The van der Waals surface area contributed by atoms with Crippen molar-refractivity contribution in [3.8, 4) is 5.75 Å². The van der Waals surface area contributed by atoms with E-state index in [2.05, 4.69) is 37.4 Å². The van der Waals surface area contributed by atoms with Gasteiger partial charge in [0.15, 0.2) is 0 Å². The van der Waals surface area contributed by atoms with Crippen molar-refractivity contribution >= 4 is 0 Å². The van der Waals surface area contributed by atoms with Gasteiger partial charge >= 0.3 is 0 Å². The summed E-state index contributed by atoms with van der Waals surface area (Å²) >= 11 is 0. The number of hydrogen-bond donors (Lipinski definition) is 2. The van der Waals surface area contributed by atoms with Crippen molar-refractivity contribution in [1.29, 1.82) is 0 Å². The summed E-state index contributed by atoms with van der Waals surface area (Å²) in [7, 11) is 0. The molecule has 1 unspecified atom stereocenters. The summed E-state index contributed by atoms with van der Waals surface area (Å²) in [6, 6.07) is 6.88. The van der Waals surface area contributed by atoms with Crippen LogP contribution in [0, 0.1) is 23.2 Å². The molecule has 0 aromatic heterocycles. The highest BCUT2D eigenvalue weighted by molar-refractivity contribution is 5.41. The molecule has 5 rings (SSSR count). The van der Waals surface area contributed by atoms with Gasteiger partial charge in [0.25, 0.3) is 0 Å². The lowest BCUT2D eigenvalue weighted by molar-refractivity contribution is -0.0441. The summed E-state index contributed by atoms with van der Waals surface area (Å²) < 4.78 is 6.16. The van der Waals surface area contributed by atoms with Crippen molar-refractivity contribution < 1.29 is 9.84 Å². The highest BCUT2D eigenvalue weighted by Crippen LogP contribution is 2.62. The van der Waals surface area contributed by atoms with Crippen LogP contribution in [0.2, 0.25) is 0 Å². The highest BCUT2D eigenvalue weighted by atomic mass is 16.5. The van der Waals surface area contributed by atoms with Gasteiger partial charge in [-0.25, -0.2) is 0 Å². The van der Waals surface area contributed by atoms with E-state index in [9.17, 15) is 5.11 Å². The number of ether oxygens (including phenoxy) is 1. The fraction of sp³-hybridized carbons (Fsp3) is 0.739. The Labute approximate surface area is 157 Å². The Morgan fingerprint density at radius 3 is 2.88 bits per heavy atom. The van der Waals surface area contributed by atoms with Crippen LogP contribution in [-0.4, -0.2) is 24.0 Å². The van der Waals surface area contributed by atoms with Crippen molar-refractivity contribution in [1.82, 2.24) is 5.32 Å². The zero-order valence-corrected chi connectivity index (χ0v) is 16.2. The number of nitrogens with one attached hydrogen (secondary N) is 1. The first kappa shape index (κ1) is 17.1. The average molecular weight is 356 g/mol. The molecule has 3 heteroatoms. The number of rotatable bonds is 2. The first-order valence-electron chi connectivity index (χ1n) is 10.8. The van der Waals surface area contributed by atoms with Crippen LogP contribution in [-0.2, 0) is 6.42 Å². The predicted octanol–water partition coefficient (Wildman–Crippen LogP) is 4.24. The van der Waals surface area contributed by atoms with Gasteiger partial charge in [-0.1, -0.05) is 19.9 Å². The number of hydrogen-bond acceptors (Lipinski definition) is 3. The third-order valence-corrected chi connectivity index (χ3v) is 8.23. The summed E-state index contributed by atoms with van der Waals surface area (Å²) in [5.74, 6) is 3.80. The molecule has 0 bridgehead atoms. The van der Waals surface area contributed by atoms with Crippen LogP contribution in [0.1, 0.15) is 69.4 Å². The van der Waals surface area contributed by atoms with Gasteiger partial charge in [0.1, 0.15) is 12.0 Å². The van der Waals surface area contributed by atoms with Crippen LogP contribution in [0.15, 0.2) is 18.2 Å². The van der Waals surface area contributed by atoms with Crippen molar-refractivity contribution in [2.45, 2.75) is 77.0 Å². The van der Waals surface area contributed by atoms with Crippen molar-refractivity contribution in [2.24, 2.45) is 23.2 Å². The van der Waals surface area contributed by atoms with Crippen LogP contribution in [0.3, 0.4) is 0 Å². The molecule has 26 heavy (non-hydrogen) atoms. The summed E-state index contributed by atoms with van der Waals surface area (Å²) in [6.45, 7) is 5.86. The molecule has 3 aliphatic carbocycles. The minimum absolute atomic E-state index is 0.0908. The fourth-order valence-corrected chi connectivity index (χ4v) is 7.08. The monoisotopic (exact) mass is 355 g/mol. The lowest BCUT2D eigenvalue weighted by Gasteiger charge is -2.53. The Balaban J connectivity index is 1.42. The Morgan fingerprint density at radius 1 is 1.19 bits per heavy atom. The Bertz CT molecular complexity index is 683. The van der Waals surface area contributed by atoms with Crippen LogP contribution < -0.4 is 10.1 Å². The molecular weight excluding hydrogens is 322 g/mol. The van der Waals surface area contributed by atoms with E-state index in [-0.39, 0.29) is 17.7 Å². The molecule has 0 amide bonds.